The second-order valence-electron chi connectivity index (χ2n) is 8.20. The van der Waals surface area contributed by atoms with Crippen LogP contribution >= 0.6 is 0 Å². The minimum absolute atomic E-state index is 0.161. The number of hydrogen-bond donors (Lipinski definition) is 4. The normalized spacial score (nSPS) is 17.7. The lowest BCUT2D eigenvalue weighted by molar-refractivity contribution is 0.244. The lowest BCUT2D eigenvalue weighted by atomic mass is 10.1. The highest BCUT2D eigenvalue weighted by Gasteiger charge is 2.31. The monoisotopic (exact) mass is 436 g/mol. The number of imidazole rings is 1. The number of nitrogens with one attached hydrogen (secondary N) is 2. The Morgan fingerprint density at radius 1 is 1.09 bits per heavy atom. The molecule has 32 heavy (non-hydrogen) atoms. The van der Waals surface area contributed by atoms with Crippen molar-refractivity contribution in [3.63, 3.8) is 0 Å². The molecule has 0 saturated heterocycles. The molecule has 0 spiro atoms. The maximum Gasteiger partial charge on any atom is 0.327 e. The van der Waals surface area contributed by atoms with Gasteiger partial charge < -0.3 is 26.7 Å². The lowest BCUT2D eigenvalue weighted by Crippen LogP contribution is -2.51. The summed E-state index contributed by atoms with van der Waals surface area (Å²) in [5.74, 6) is 0. The maximum absolute atomic E-state index is 12.8. The van der Waals surface area contributed by atoms with Crippen molar-refractivity contribution in [3.8, 4) is 0 Å². The van der Waals surface area contributed by atoms with Crippen LogP contribution in [-0.4, -0.2) is 52.8 Å². The Hall–Kier alpha value is -3.14. The van der Waals surface area contributed by atoms with Gasteiger partial charge >= 0.3 is 6.03 Å². The molecule has 3 heterocycles. The van der Waals surface area contributed by atoms with Crippen molar-refractivity contribution in [2.45, 2.75) is 25.6 Å². The molecule has 170 valence electrons. The van der Waals surface area contributed by atoms with Gasteiger partial charge in [0.1, 0.15) is 6.17 Å². The minimum atomic E-state index is -0.235. The van der Waals surface area contributed by atoms with Gasteiger partial charge in [-0.1, -0.05) is 12.1 Å². The van der Waals surface area contributed by atoms with Gasteiger partial charge in [-0.2, -0.15) is 0 Å². The molecule has 1 aromatic carbocycles. The first kappa shape index (κ1) is 22.1. The van der Waals surface area contributed by atoms with Gasteiger partial charge in [0.15, 0.2) is 0 Å². The van der Waals surface area contributed by atoms with Gasteiger partial charge in [0.05, 0.1) is 29.6 Å². The van der Waals surface area contributed by atoms with E-state index < -0.39 is 0 Å². The molecule has 4 rings (SSSR count). The van der Waals surface area contributed by atoms with Crippen LogP contribution in [0.5, 0.6) is 0 Å². The molecule has 9 nitrogen and oxygen atoms in total. The second kappa shape index (κ2) is 9.99. The Morgan fingerprint density at radius 3 is 2.44 bits per heavy atom. The van der Waals surface area contributed by atoms with E-state index >= 15 is 0 Å². The number of hydrogen-bond acceptors (Lipinski definition) is 6. The van der Waals surface area contributed by atoms with Crippen LogP contribution in [0, 0.1) is 0 Å². The van der Waals surface area contributed by atoms with Gasteiger partial charge in [-0.25, -0.2) is 9.78 Å². The van der Waals surface area contributed by atoms with E-state index in [4.69, 9.17) is 11.5 Å². The lowest BCUT2D eigenvalue weighted by Gasteiger charge is -2.29. The van der Waals surface area contributed by atoms with Crippen molar-refractivity contribution >= 4 is 17.4 Å². The zero-order valence-corrected chi connectivity index (χ0v) is 18.5. The molecule has 9 heteroatoms. The van der Waals surface area contributed by atoms with Gasteiger partial charge in [0, 0.05) is 25.4 Å². The Kier molecular flexibility index (Phi) is 6.89. The number of rotatable bonds is 10. The fraction of sp³-hybridized carbons (Fsp3) is 0.391. The SMILES string of the molecule is Cn1cncc1C1=CC2=CN(c3ccc(CN(CCCN)CCCN)cc3)C(=O)NC2N1. The van der Waals surface area contributed by atoms with Crippen LogP contribution in [0.15, 0.2) is 54.6 Å². The first-order valence-electron chi connectivity index (χ1n) is 11.1. The Labute approximate surface area is 188 Å². The number of aryl methyl sites for hydroxylation is 1. The predicted molar refractivity (Wildman–Crippen MR) is 126 cm³/mol. The minimum Gasteiger partial charge on any atom is -0.360 e. The van der Waals surface area contributed by atoms with E-state index in [1.54, 1.807) is 17.4 Å². The molecule has 0 aliphatic carbocycles. The molecular weight excluding hydrogens is 404 g/mol. The van der Waals surface area contributed by atoms with Crippen LogP contribution in [0.25, 0.3) is 5.70 Å². The number of nitrogens with two attached hydrogens (primary N) is 2. The number of anilines is 1. The van der Waals surface area contributed by atoms with E-state index in [1.807, 2.05) is 29.9 Å². The Morgan fingerprint density at radius 2 is 1.81 bits per heavy atom. The van der Waals surface area contributed by atoms with Crippen molar-refractivity contribution in [1.29, 1.82) is 0 Å². The number of nitrogens with zero attached hydrogens (tertiary/aromatic N) is 4. The number of aromatic nitrogens is 2. The zero-order valence-electron chi connectivity index (χ0n) is 18.5. The molecule has 1 atom stereocenters. The average molecular weight is 437 g/mol. The molecule has 6 N–H and O–H groups in total. The van der Waals surface area contributed by atoms with E-state index in [2.05, 4.69) is 38.7 Å². The van der Waals surface area contributed by atoms with Crippen molar-refractivity contribution < 1.29 is 4.79 Å². The van der Waals surface area contributed by atoms with Crippen LogP contribution in [0.3, 0.4) is 0 Å². The predicted octanol–water partition coefficient (Wildman–Crippen LogP) is 1.30. The van der Waals surface area contributed by atoms with Gasteiger partial charge in [-0.15, -0.1) is 0 Å². The number of carbonyl (C=O) groups is 1. The molecule has 0 radical (unpaired) electrons. The van der Waals surface area contributed by atoms with Crippen molar-refractivity contribution in [2.75, 3.05) is 31.1 Å². The van der Waals surface area contributed by atoms with E-state index in [1.165, 1.54) is 5.56 Å². The maximum atomic E-state index is 12.8. The third kappa shape index (κ3) is 4.85. The van der Waals surface area contributed by atoms with Crippen molar-refractivity contribution in [2.24, 2.45) is 18.5 Å². The van der Waals surface area contributed by atoms with Gasteiger partial charge in [0.2, 0.25) is 0 Å². The van der Waals surface area contributed by atoms with Crippen LogP contribution in [0.2, 0.25) is 0 Å². The van der Waals surface area contributed by atoms with E-state index in [-0.39, 0.29) is 12.2 Å². The summed E-state index contributed by atoms with van der Waals surface area (Å²) in [5.41, 5.74) is 16.3. The number of fused-ring (bicyclic) bond motifs is 1. The summed E-state index contributed by atoms with van der Waals surface area (Å²) in [6.07, 6.45) is 9.20. The standard InChI is InChI=1S/C23H32N8O/c1-29-16-26-13-21(29)20-12-18-15-31(23(32)28-22(18)27-20)19-6-4-17(5-7-19)14-30(10-2-8-24)11-3-9-25/h4-7,12-13,15-16,22,27H,2-3,8-11,14,24-25H2,1H3,(H,28,32). The molecule has 2 amide bonds. The number of carbonyl (C=O) groups excluding carboxylic acids is 1. The quantitative estimate of drug-likeness (QED) is 0.446. The average Bonchev–Trinajstić information content (AvgIpc) is 3.40. The summed E-state index contributed by atoms with van der Waals surface area (Å²) in [7, 11) is 1.95. The van der Waals surface area contributed by atoms with Crippen LogP contribution in [0.1, 0.15) is 24.1 Å². The van der Waals surface area contributed by atoms with Crippen LogP contribution < -0.4 is 27.0 Å². The smallest absolute Gasteiger partial charge is 0.327 e. The molecule has 0 bridgehead atoms. The molecule has 2 aliphatic rings. The fourth-order valence-corrected chi connectivity index (χ4v) is 4.04. The first-order chi connectivity index (χ1) is 15.6. The van der Waals surface area contributed by atoms with Gasteiger partial charge in [-0.3, -0.25) is 9.80 Å². The molecule has 1 unspecified atom stereocenters. The Bertz CT molecular complexity index is 986. The molecular formula is C23H32N8O. The van der Waals surface area contributed by atoms with Gasteiger partial charge in [-0.05, 0) is 62.8 Å². The summed E-state index contributed by atoms with van der Waals surface area (Å²) < 4.78 is 1.94. The van der Waals surface area contributed by atoms with Crippen LogP contribution in [-0.2, 0) is 13.6 Å². The topological polar surface area (TPSA) is 117 Å². The third-order valence-corrected chi connectivity index (χ3v) is 5.78. The molecule has 2 aliphatic heterocycles. The summed E-state index contributed by atoms with van der Waals surface area (Å²) in [5, 5.41) is 6.38. The second-order valence-corrected chi connectivity index (χ2v) is 8.20. The van der Waals surface area contributed by atoms with E-state index in [0.717, 1.165) is 55.1 Å². The molecule has 0 fully saturated rings. The number of benzene rings is 1. The van der Waals surface area contributed by atoms with E-state index in [0.29, 0.717) is 13.1 Å². The summed E-state index contributed by atoms with van der Waals surface area (Å²) >= 11 is 0. The van der Waals surface area contributed by atoms with Gasteiger partial charge in [0.25, 0.3) is 0 Å². The summed E-state index contributed by atoms with van der Waals surface area (Å²) in [4.78, 5) is 21.0. The molecule has 0 saturated carbocycles. The number of amides is 2. The highest BCUT2D eigenvalue weighted by atomic mass is 16.2. The third-order valence-electron chi connectivity index (χ3n) is 5.78. The summed E-state index contributed by atoms with van der Waals surface area (Å²) in [6.45, 7) is 4.13. The fourth-order valence-electron chi connectivity index (χ4n) is 4.04. The molecule has 1 aromatic heterocycles. The molecule has 2 aromatic rings. The van der Waals surface area contributed by atoms with Crippen LogP contribution in [0.4, 0.5) is 10.5 Å². The number of urea groups is 1. The first-order valence-corrected chi connectivity index (χ1v) is 11.1. The highest BCUT2D eigenvalue weighted by molar-refractivity contribution is 5.96. The largest absolute Gasteiger partial charge is 0.360 e. The zero-order chi connectivity index (χ0) is 22.5. The summed E-state index contributed by atoms with van der Waals surface area (Å²) in [6, 6.07) is 7.98. The van der Waals surface area contributed by atoms with Crippen molar-refractivity contribution in [3.05, 3.63) is 65.9 Å². The van der Waals surface area contributed by atoms with Crippen molar-refractivity contribution in [1.82, 2.24) is 25.1 Å². The highest BCUT2D eigenvalue weighted by Crippen LogP contribution is 2.28. The Balaban J connectivity index is 1.47. The van der Waals surface area contributed by atoms with E-state index in [9.17, 15) is 4.79 Å².